The highest BCUT2D eigenvalue weighted by molar-refractivity contribution is 5.77. The lowest BCUT2D eigenvalue weighted by Crippen LogP contribution is -2.42. The summed E-state index contributed by atoms with van der Waals surface area (Å²) in [6.07, 6.45) is 1.48. The number of para-hydroxylation sites is 1. The minimum atomic E-state index is -0.601. The van der Waals surface area contributed by atoms with Gasteiger partial charge >= 0.3 is 0 Å². The molecule has 4 rings (SSSR count). The van der Waals surface area contributed by atoms with Crippen LogP contribution in [-0.4, -0.2) is 61.3 Å². The Morgan fingerprint density at radius 1 is 1.20 bits per heavy atom. The van der Waals surface area contributed by atoms with Crippen LogP contribution >= 0.6 is 0 Å². The maximum Gasteiger partial charge on any atom is 0.258 e. The second kappa shape index (κ2) is 10.1. The van der Waals surface area contributed by atoms with Gasteiger partial charge < -0.3 is 20.5 Å². The molecule has 2 aliphatic rings. The first-order valence-electron chi connectivity index (χ1n) is 10.9. The van der Waals surface area contributed by atoms with E-state index < -0.39 is 6.10 Å². The zero-order valence-corrected chi connectivity index (χ0v) is 17.3. The van der Waals surface area contributed by atoms with Crippen LogP contribution < -0.4 is 15.4 Å². The molecule has 2 heterocycles. The number of rotatable bonds is 8. The van der Waals surface area contributed by atoms with Crippen LogP contribution in [0.1, 0.15) is 29.0 Å². The van der Waals surface area contributed by atoms with E-state index in [1.165, 1.54) is 11.1 Å². The van der Waals surface area contributed by atoms with Crippen molar-refractivity contribution < 1.29 is 14.6 Å². The van der Waals surface area contributed by atoms with Gasteiger partial charge in [-0.05, 0) is 42.1 Å². The number of aliphatic hydroxyl groups excluding tert-OH is 1. The highest BCUT2D eigenvalue weighted by atomic mass is 16.5. The number of fused-ring (bicyclic) bond motifs is 1. The van der Waals surface area contributed by atoms with Gasteiger partial charge in [0.1, 0.15) is 5.75 Å². The van der Waals surface area contributed by atoms with Crippen LogP contribution in [0.25, 0.3) is 0 Å². The molecule has 1 amide bonds. The number of β-amino-alcohol motifs (C(OH)–C–C–N with tert-alkyl or cyclic N) is 1. The molecule has 2 atom stereocenters. The van der Waals surface area contributed by atoms with Gasteiger partial charge in [-0.1, -0.05) is 42.5 Å². The average molecular weight is 410 g/mol. The molecule has 6 heteroatoms. The fraction of sp³-hybridized carbons (Fsp3) is 0.458. The topological polar surface area (TPSA) is 73.8 Å². The Morgan fingerprint density at radius 3 is 2.83 bits per heavy atom. The van der Waals surface area contributed by atoms with E-state index in [2.05, 4.69) is 45.9 Å². The van der Waals surface area contributed by atoms with Crippen molar-refractivity contribution in [2.24, 2.45) is 0 Å². The van der Waals surface area contributed by atoms with E-state index in [9.17, 15) is 9.90 Å². The van der Waals surface area contributed by atoms with Crippen LogP contribution in [0.5, 0.6) is 5.75 Å². The largest absolute Gasteiger partial charge is 0.483 e. The van der Waals surface area contributed by atoms with Crippen LogP contribution in [-0.2, 0) is 17.8 Å². The van der Waals surface area contributed by atoms with Gasteiger partial charge in [-0.15, -0.1) is 0 Å². The maximum absolute atomic E-state index is 12.2. The van der Waals surface area contributed by atoms with Gasteiger partial charge in [0, 0.05) is 38.6 Å². The molecule has 0 radical (unpaired) electrons. The van der Waals surface area contributed by atoms with E-state index in [0.29, 0.717) is 12.5 Å². The summed E-state index contributed by atoms with van der Waals surface area (Å²) in [7, 11) is 0. The monoisotopic (exact) mass is 409 g/mol. The quantitative estimate of drug-likeness (QED) is 0.619. The lowest BCUT2D eigenvalue weighted by Gasteiger charge is -2.30. The molecule has 30 heavy (non-hydrogen) atoms. The predicted octanol–water partition coefficient (Wildman–Crippen LogP) is 1.68. The minimum Gasteiger partial charge on any atom is -0.483 e. The summed E-state index contributed by atoms with van der Waals surface area (Å²) in [4.78, 5) is 14.5. The molecule has 0 saturated carbocycles. The lowest BCUT2D eigenvalue weighted by molar-refractivity contribution is -0.123. The van der Waals surface area contributed by atoms with Crippen LogP contribution in [0.4, 0.5) is 0 Å². The SMILES string of the molecule is O=C(COc1ccccc1C1CCNC1)NCC(O)CN1CCc2ccccc2C1. The Hall–Kier alpha value is -2.41. The van der Waals surface area contributed by atoms with Gasteiger partial charge in [-0.3, -0.25) is 9.69 Å². The average Bonchev–Trinajstić information content (AvgIpc) is 3.31. The minimum absolute atomic E-state index is 0.0407. The summed E-state index contributed by atoms with van der Waals surface area (Å²) in [6, 6.07) is 16.4. The zero-order chi connectivity index (χ0) is 20.8. The van der Waals surface area contributed by atoms with E-state index in [-0.39, 0.29) is 19.1 Å². The van der Waals surface area contributed by atoms with Crippen molar-refractivity contribution in [2.75, 3.05) is 39.3 Å². The first kappa shape index (κ1) is 20.8. The van der Waals surface area contributed by atoms with Gasteiger partial charge in [0.25, 0.3) is 5.91 Å². The van der Waals surface area contributed by atoms with Crippen LogP contribution in [0.3, 0.4) is 0 Å². The number of amides is 1. The van der Waals surface area contributed by atoms with Crippen molar-refractivity contribution >= 4 is 5.91 Å². The van der Waals surface area contributed by atoms with Crippen LogP contribution in [0.2, 0.25) is 0 Å². The first-order chi connectivity index (χ1) is 14.7. The first-order valence-corrected chi connectivity index (χ1v) is 10.9. The number of nitrogens with zero attached hydrogens (tertiary/aromatic N) is 1. The Kier molecular flexibility index (Phi) is 7.00. The number of aliphatic hydroxyl groups is 1. The van der Waals surface area contributed by atoms with Crippen molar-refractivity contribution in [1.29, 1.82) is 0 Å². The fourth-order valence-corrected chi connectivity index (χ4v) is 4.37. The highest BCUT2D eigenvalue weighted by Gasteiger charge is 2.21. The summed E-state index contributed by atoms with van der Waals surface area (Å²) in [5.41, 5.74) is 3.87. The number of nitrogens with one attached hydrogen (secondary N) is 2. The molecule has 2 aromatic rings. The molecule has 0 bridgehead atoms. The second-order valence-electron chi connectivity index (χ2n) is 8.23. The third kappa shape index (κ3) is 5.39. The van der Waals surface area contributed by atoms with Crippen LogP contribution in [0.15, 0.2) is 48.5 Å². The number of carbonyl (C=O) groups excluding carboxylic acids is 1. The van der Waals surface area contributed by atoms with Gasteiger partial charge in [0.15, 0.2) is 6.61 Å². The molecular weight excluding hydrogens is 378 g/mol. The number of hydrogen-bond donors (Lipinski definition) is 3. The predicted molar refractivity (Wildman–Crippen MR) is 117 cm³/mol. The van der Waals surface area contributed by atoms with Crippen molar-refractivity contribution in [3.05, 3.63) is 65.2 Å². The molecule has 3 N–H and O–H groups in total. The Labute approximate surface area is 178 Å². The summed E-state index contributed by atoms with van der Waals surface area (Å²) < 4.78 is 5.80. The molecule has 0 spiro atoms. The molecule has 160 valence electrons. The van der Waals surface area contributed by atoms with E-state index in [0.717, 1.165) is 50.3 Å². The Balaban J connectivity index is 1.20. The molecule has 2 unspecified atom stereocenters. The third-order valence-corrected chi connectivity index (χ3v) is 5.99. The standard InChI is InChI=1S/C24H31N3O3/c28-21(16-27-12-10-18-5-1-2-6-20(18)15-27)14-26-24(29)17-30-23-8-4-3-7-22(23)19-9-11-25-13-19/h1-8,19,21,25,28H,9-17H2,(H,26,29). The Bertz CT molecular complexity index is 851. The van der Waals surface area contributed by atoms with Crippen molar-refractivity contribution in [1.82, 2.24) is 15.5 Å². The van der Waals surface area contributed by atoms with E-state index in [1.54, 1.807) is 0 Å². The molecule has 0 aliphatic carbocycles. The highest BCUT2D eigenvalue weighted by Crippen LogP contribution is 2.30. The lowest BCUT2D eigenvalue weighted by atomic mass is 9.97. The summed E-state index contributed by atoms with van der Waals surface area (Å²) >= 11 is 0. The molecule has 1 fully saturated rings. The van der Waals surface area contributed by atoms with Crippen molar-refractivity contribution in [3.8, 4) is 5.75 Å². The van der Waals surface area contributed by atoms with Crippen molar-refractivity contribution in [3.63, 3.8) is 0 Å². The normalized spacial score (nSPS) is 19.8. The Morgan fingerprint density at radius 2 is 2.00 bits per heavy atom. The number of carbonyl (C=O) groups is 1. The van der Waals surface area contributed by atoms with E-state index >= 15 is 0 Å². The van der Waals surface area contributed by atoms with Gasteiger partial charge in [0.2, 0.25) is 0 Å². The maximum atomic E-state index is 12.2. The molecular formula is C24H31N3O3. The molecule has 1 saturated heterocycles. The molecule has 2 aliphatic heterocycles. The summed E-state index contributed by atoms with van der Waals surface area (Å²) in [5, 5.41) is 16.5. The van der Waals surface area contributed by atoms with E-state index in [4.69, 9.17) is 4.74 Å². The fourth-order valence-electron chi connectivity index (χ4n) is 4.37. The second-order valence-corrected chi connectivity index (χ2v) is 8.23. The van der Waals surface area contributed by atoms with Gasteiger partial charge in [-0.25, -0.2) is 0 Å². The number of ether oxygens (including phenoxy) is 1. The molecule has 6 nitrogen and oxygen atoms in total. The number of hydrogen-bond acceptors (Lipinski definition) is 5. The zero-order valence-electron chi connectivity index (χ0n) is 17.3. The van der Waals surface area contributed by atoms with Crippen LogP contribution in [0, 0.1) is 0 Å². The van der Waals surface area contributed by atoms with E-state index in [1.807, 2.05) is 18.2 Å². The summed E-state index contributed by atoms with van der Waals surface area (Å²) in [6.45, 7) is 4.47. The molecule has 0 aromatic heterocycles. The van der Waals surface area contributed by atoms with Gasteiger partial charge in [0.05, 0.1) is 6.10 Å². The van der Waals surface area contributed by atoms with Gasteiger partial charge in [-0.2, -0.15) is 0 Å². The smallest absolute Gasteiger partial charge is 0.258 e. The number of benzene rings is 2. The third-order valence-electron chi connectivity index (χ3n) is 5.99. The van der Waals surface area contributed by atoms with Crippen molar-refractivity contribution in [2.45, 2.75) is 31.4 Å². The molecule has 2 aromatic carbocycles. The summed E-state index contributed by atoms with van der Waals surface area (Å²) in [5.74, 6) is 0.993.